The van der Waals surface area contributed by atoms with E-state index in [-0.39, 0.29) is 11.3 Å². The molecule has 2 unspecified atom stereocenters. The minimum Gasteiger partial charge on any atom is -0.327 e. The number of thiophene rings is 1. The van der Waals surface area contributed by atoms with Crippen molar-refractivity contribution in [3.63, 3.8) is 0 Å². The van der Waals surface area contributed by atoms with E-state index in [0.717, 1.165) is 8.94 Å². The SMILES string of the molecule is CC(N)C(Sc1nncn1C)c1ccc(Br)s1. The summed E-state index contributed by atoms with van der Waals surface area (Å²) in [5, 5.41) is 9.05. The molecule has 4 nitrogen and oxygen atoms in total. The van der Waals surface area contributed by atoms with Gasteiger partial charge in [-0.15, -0.1) is 21.5 Å². The fourth-order valence-corrected chi connectivity index (χ4v) is 4.15. The first-order valence-corrected chi connectivity index (χ1v) is 7.58. The lowest BCUT2D eigenvalue weighted by Crippen LogP contribution is -2.22. The van der Waals surface area contributed by atoms with Crippen molar-refractivity contribution in [2.75, 3.05) is 0 Å². The Morgan fingerprint density at radius 1 is 1.53 bits per heavy atom. The molecular formula is C10H13BrN4S2. The Morgan fingerprint density at radius 3 is 2.76 bits per heavy atom. The normalized spacial score (nSPS) is 14.8. The van der Waals surface area contributed by atoms with Crippen LogP contribution in [0.3, 0.4) is 0 Å². The molecule has 0 aliphatic heterocycles. The number of aryl methyl sites for hydroxylation is 1. The van der Waals surface area contributed by atoms with Crippen LogP contribution in [0.5, 0.6) is 0 Å². The number of hydrogen-bond donors (Lipinski definition) is 1. The summed E-state index contributed by atoms with van der Waals surface area (Å²) in [7, 11) is 1.94. The topological polar surface area (TPSA) is 56.7 Å². The van der Waals surface area contributed by atoms with Crippen molar-refractivity contribution in [2.45, 2.75) is 23.4 Å². The monoisotopic (exact) mass is 332 g/mol. The van der Waals surface area contributed by atoms with Crippen LogP contribution in [0.2, 0.25) is 0 Å². The number of aromatic nitrogens is 3. The maximum Gasteiger partial charge on any atom is 0.191 e. The van der Waals surface area contributed by atoms with Gasteiger partial charge in [-0.1, -0.05) is 11.8 Å². The van der Waals surface area contributed by atoms with E-state index in [1.54, 1.807) is 29.4 Å². The fourth-order valence-electron chi connectivity index (χ4n) is 1.40. The first-order valence-electron chi connectivity index (χ1n) is 5.09. The van der Waals surface area contributed by atoms with Crippen molar-refractivity contribution in [3.8, 4) is 0 Å². The molecule has 0 saturated heterocycles. The molecule has 0 saturated carbocycles. The van der Waals surface area contributed by atoms with Crippen LogP contribution in [-0.4, -0.2) is 20.8 Å². The number of nitrogens with two attached hydrogens (primary N) is 1. The van der Waals surface area contributed by atoms with Crippen molar-refractivity contribution in [1.29, 1.82) is 0 Å². The van der Waals surface area contributed by atoms with E-state index in [9.17, 15) is 0 Å². The molecule has 2 rings (SSSR count). The second-order valence-electron chi connectivity index (χ2n) is 3.76. The van der Waals surface area contributed by atoms with Crippen molar-refractivity contribution in [1.82, 2.24) is 14.8 Å². The molecule has 0 spiro atoms. The molecule has 0 amide bonds. The molecule has 2 aromatic heterocycles. The summed E-state index contributed by atoms with van der Waals surface area (Å²) in [5.74, 6) is 0. The zero-order valence-corrected chi connectivity index (χ0v) is 12.7. The molecule has 7 heteroatoms. The van der Waals surface area contributed by atoms with E-state index in [4.69, 9.17) is 5.73 Å². The van der Waals surface area contributed by atoms with Gasteiger partial charge in [0.1, 0.15) is 6.33 Å². The Morgan fingerprint density at radius 2 is 2.29 bits per heavy atom. The van der Waals surface area contributed by atoms with E-state index in [1.165, 1.54) is 4.88 Å². The highest BCUT2D eigenvalue weighted by Crippen LogP contribution is 2.40. The predicted octanol–water partition coefficient (Wildman–Crippen LogP) is 2.82. The number of halogens is 1. The highest BCUT2D eigenvalue weighted by atomic mass is 79.9. The predicted molar refractivity (Wildman–Crippen MR) is 75.3 cm³/mol. The van der Waals surface area contributed by atoms with E-state index < -0.39 is 0 Å². The van der Waals surface area contributed by atoms with Gasteiger partial charge in [0.2, 0.25) is 0 Å². The maximum atomic E-state index is 6.06. The van der Waals surface area contributed by atoms with Crippen LogP contribution in [0, 0.1) is 0 Å². The van der Waals surface area contributed by atoms with Crippen LogP contribution in [0.4, 0.5) is 0 Å². The molecule has 0 radical (unpaired) electrons. The smallest absolute Gasteiger partial charge is 0.191 e. The van der Waals surface area contributed by atoms with Crippen LogP contribution < -0.4 is 5.73 Å². The molecule has 2 aromatic rings. The zero-order valence-electron chi connectivity index (χ0n) is 9.50. The van der Waals surface area contributed by atoms with Gasteiger partial charge in [0.15, 0.2) is 5.16 Å². The number of rotatable bonds is 4. The first-order chi connectivity index (χ1) is 8.08. The minimum absolute atomic E-state index is 0.0576. The van der Waals surface area contributed by atoms with Gasteiger partial charge in [0, 0.05) is 18.0 Å². The molecule has 0 aliphatic rings. The lowest BCUT2D eigenvalue weighted by Gasteiger charge is -2.17. The fraction of sp³-hybridized carbons (Fsp3) is 0.400. The molecule has 0 bridgehead atoms. The highest BCUT2D eigenvalue weighted by Gasteiger charge is 2.21. The summed E-state index contributed by atoms with van der Waals surface area (Å²) in [4.78, 5) is 1.25. The second-order valence-corrected chi connectivity index (χ2v) is 7.37. The Hall–Kier alpha value is -0.370. The molecule has 0 fully saturated rings. The largest absolute Gasteiger partial charge is 0.327 e. The van der Waals surface area contributed by atoms with Gasteiger partial charge in [0.05, 0.1) is 9.04 Å². The van der Waals surface area contributed by atoms with Crippen LogP contribution >= 0.6 is 39.0 Å². The van der Waals surface area contributed by atoms with E-state index in [1.807, 2.05) is 24.6 Å². The Balaban J connectivity index is 2.22. The van der Waals surface area contributed by atoms with Gasteiger partial charge >= 0.3 is 0 Å². The van der Waals surface area contributed by atoms with Gasteiger partial charge in [-0.3, -0.25) is 0 Å². The van der Waals surface area contributed by atoms with Gasteiger partial charge in [-0.2, -0.15) is 0 Å². The third kappa shape index (κ3) is 3.09. The standard InChI is InChI=1S/C10H13BrN4S2/c1-6(12)9(7-3-4-8(11)16-7)17-10-14-13-5-15(10)2/h3-6,9H,12H2,1-2H3. The Kier molecular flexibility index (Phi) is 4.24. The first kappa shape index (κ1) is 13.1. The summed E-state index contributed by atoms with van der Waals surface area (Å²) in [6.07, 6.45) is 1.70. The summed E-state index contributed by atoms with van der Waals surface area (Å²) in [6, 6.07) is 4.21. The summed E-state index contributed by atoms with van der Waals surface area (Å²) in [5.41, 5.74) is 6.06. The van der Waals surface area contributed by atoms with Crippen molar-refractivity contribution >= 4 is 39.0 Å². The van der Waals surface area contributed by atoms with Crippen LogP contribution in [-0.2, 0) is 7.05 Å². The lowest BCUT2D eigenvalue weighted by molar-refractivity contribution is 0.717. The van der Waals surface area contributed by atoms with Crippen molar-refractivity contribution in [3.05, 3.63) is 27.1 Å². The molecular weight excluding hydrogens is 320 g/mol. The molecule has 0 aromatic carbocycles. The van der Waals surface area contributed by atoms with Gasteiger partial charge < -0.3 is 10.3 Å². The summed E-state index contributed by atoms with van der Waals surface area (Å²) >= 11 is 6.84. The quantitative estimate of drug-likeness (QED) is 0.874. The van der Waals surface area contributed by atoms with Crippen LogP contribution in [0.25, 0.3) is 0 Å². The average molecular weight is 333 g/mol. The van der Waals surface area contributed by atoms with Gasteiger partial charge in [0.25, 0.3) is 0 Å². The molecule has 92 valence electrons. The van der Waals surface area contributed by atoms with Crippen LogP contribution in [0.1, 0.15) is 17.1 Å². The van der Waals surface area contributed by atoms with Gasteiger partial charge in [-0.25, -0.2) is 0 Å². The Labute approximate surface area is 117 Å². The average Bonchev–Trinajstić information content (AvgIpc) is 2.84. The number of thioether (sulfide) groups is 1. The molecule has 2 atom stereocenters. The van der Waals surface area contributed by atoms with E-state index in [2.05, 4.69) is 32.2 Å². The van der Waals surface area contributed by atoms with E-state index >= 15 is 0 Å². The van der Waals surface area contributed by atoms with Crippen molar-refractivity contribution < 1.29 is 0 Å². The third-order valence-electron chi connectivity index (χ3n) is 2.25. The maximum absolute atomic E-state index is 6.06. The lowest BCUT2D eigenvalue weighted by atomic mass is 10.2. The number of nitrogens with zero attached hydrogens (tertiary/aromatic N) is 3. The highest BCUT2D eigenvalue weighted by molar-refractivity contribution is 9.11. The summed E-state index contributed by atoms with van der Waals surface area (Å²) < 4.78 is 3.03. The van der Waals surface area contributed by atoms with Crippen molar-refractivity contribution in [2.24, 2.45) is 12.8 Å². The molecule has 2 heterocycles. The Bertz CT molecular complexity index is 494. The minimum atomic E-state index is 0.0576. The molecule has 17 heavy (non-hydrogen) atoms. The van der Waals surface area contributed by atoms with E-state index in [0.29, 0.717) is 0 Å². The molecule has 2 N–H and O–H groups in total. The zero-order chi connectivity index (χ0) is 12.4. The molecule has 0 aliphatic carbocycles. The van der Waals surface area contributed by atoms with Gasteiger partial charge in [-0.05, 0) is 35.0 Å². The second kappa shape index (κ2) is 5.51. The summed E-state index contributed by atoms with van der Waals surface area (Å²) in [6.45, 7) is 2.02. The number of hydrogen-bond acceptors (Lipinski definition) is 5. The van der Waals surface area contributed by atoms with Crippen LogP contribution in [0.15, 0.2) is 27.4 Å². The third-order valence-corrected chi connectivity index (χ3v) is 5.63.